The summed E-state index contributed by atoms with van der Waals surface area (Å²) in [6.45, 7) is 0. The minimum atomic E-state index is -2.02. The molecule has 0 saturated heterocycles. The molecule has 4 aromatic carbocycles. The molecule has 3 aliphatic rings. The number of phenolic OH excluding ortho intramolecular Hbond substituents is 7. The van der Waals surface area contributed by atoms with Gasteiger partial charge in [0.2, 0.25) is 0 Å². The number of rotatable bonds is 2. The van der Waals surface area contributed by atoms with E-state index in [1.807, 2.05) is 0 Å². The second-order valence-corrected chi connectivity index (χ2v) is 10.4. The smallest absolute Gasteiger partial charge is 0.331 e. The molecule has 0 unspecified atom stereocenters. The predicted molar refractivity (Wildman–Crippen MR) is 140 cm³/mol. The van der Waals surface area contributed by atoms with E-state index in [1.54, 1.807) is 0 Å². The normalized spacial score (nSPS) is 23.5. The molecule has 42 heavy (non-hydrogen) atoms. The highest BCUT2D eigenvalue weighted by molar-refractivity contribution is 6.00. The molecule has 0 aromatic heterocycles. The SMILES string of the molecule is O=C1Oc2cc(O)c3c(c2[C@@]12c1c(O)cc(O)cc1O[C@H]2c1ccc(O)c(O)c1)O[C@@H](c1ccc(O)c(O)c1)[C@@H](O)C3. The number of hydrogen-bond acceptors (Lipinski definition) is 12. The fourth-order valence-corrected chi connectivity index (χ4v) is 6.16. The number of benzene rings is 4. The molecule has 7 rings (SSSR count). The number of phenols is 7. The van der Waals surface area contributed by atoms with Crippen molar-refractivity contribution in [1.82, 2.24) is 0 Å². The molecule has 0 radical (unpaired) electrons. The Morgan fingerprint density at radius 3 is 2.02 bits per heavy atom. The summed E-state index contributed by atoms with van der Waals surface area (Å²) in [7, 11) is 0. The van der Waals surface area contributed by atoms with E-state index in [1.165, 1.54) is 48.5 Å². The molecular weight excluding hydrogens is 552 g/mol. The number of carbonyl (C=O) groups excluding carboxylic acids is 1. The highest BCUT2D eigenvalue weighted by Gasteiger charge is 2.66. The molecule has 8 N–H and O–H groups in total. The van der Waals surface area contributed by atoms with E-state index in [0.29, 0.717) is 0 Å². The van der Waals surface area contributed by atoms with Crippen molar-refractivity contribution in [3.05, 3.63) is 82.4 Å². The van der Waals surface area contributed by atoms with Gasteiger partial charge in [0.25, 0.3) is 0 Å². The summed E-state index contributed by atoms with van der Waals surface area (Å²) in [5.74, 6) is -4.21. The summed E-state index contributed by atoms with van der Waals surface area (Å²) < 4.78 is 18.1. The summed E-state index contributed by atoms with van der Waals surface area (Å²) in [4.78, 5) is 14.1. The van der Waals surface area contributed by atoms with Gasteiger partial charge >= 0.3 is 5.97 Å². The Bertz CT molecular complexity index is 1830. The van der Waals surface area contributed by atoms with Gasteiger partial charge < -0.3 is 55.1 Å². The van der Waals surface area contributed by atoms with Crippen LogP contribution in [0.15, 0.2) is 54.6 Å². The predicted octanol–water partition coefficient (Wildman–Crippen LogP) is 3.00. The van der Waals surface area contributed by atoms with Crippen molar-refractivity contribution in [2.45, 2.75) is 30.1 Å². The van der Waals surface area contributed by atoms with Crippen LogP contribution < -0.4 is 14.2 Å². The quantitative estimate of drug-likeness (QED) is 0.0988. The van der Waals surface area contributed by atoms with Gasteiger partial charge in [-0.2, -0.15) is 0 Å². The van der Waals surface area contributed by atoms with E-state index in [4.69, 9.17) is 14.2 Å². The summed E-state index contributed by atoms with van der Waals surface area (Å²) in [5, 5.41) is 83.3. The lowest BCUT2D eigenvalue weighted by molar-refractivity contribution is -0.139. The number of aromatic hydroxyl groups is 7. The van der Waals surface area contributed by atoms with Gasteiger partial charge in [0.05, 0.1) is 17.2 Å². The van der Waals surface area contributed by atoms with Crippen LogP contribution in [-0.2, 0) is 16.6 Å². The minimum Gasteiger partial charge on any atom is -0.508 e. The average Bonchev–Trinajstić information content (AvgIpc) is 3.42. The first-order valence-electron chi connectivity index (χ1n) is 12.7. The third-order valence-electron chi connectivity index (χ3n) is 7.98. The topological polar surface area (TPSA) is 207 Å². The number of aliphatic hydroxyl groups is 1. The van der Waals surface area contributed by atoms with Gasteiger partial charge in [-0.15, -0.1) is 0 Å². The van der Waals surface area contributed by atoms with E-state index in [-0.39, 0.29) is 68.7 Å². The van der Waals surface area contributed by atoms with Crippen molar-refractivity contribution in [2.24, 2.45) is 0 Å². The van der Waals surface area contributed by atoms with Crippen molar-refractivity contribution >= 4 is 5.97 Å². The Balaban J connectivity index is 1.51. The number of ether oxygens (including phenoxy) is 3. The molecule has 12 nitrogen and oxygen atoms in total. The molecule has 214 valence electrons. The molecule has 0 saturated carbocycles. The molecule has 1 spiro atoms. The van der Waals surface area contributed by atoms with E-state index in [2.05, 4.69) is 0 Å². The maximum atomic E-state index is 14.1. The van der Waals surface area contributed by atoms with E-state index >= 15 is 0 Å². The number of fused-ring (bicyclic) bond motifs is 6. The first kappa shape index (κ1) is 25.5. The molecular formula is C30H22O12. The lowest BCUT2D eigenvalue weighted by Gasteiger charge is -2.35. The lowest BCUT2D eigenvalue weighted by Crippen LogP contribution is -2.40. The second kappa shape index (κ2) is 8.51. The van der Waals surface area contributed by atoms with Gasteiger partial charge in [-0.1, -0.05) is 12.1 Å². The number of hydrogen-bond donors (Lipinski definition) is 8. The summed E-state index contributed by atoms with van der Waals surface area (Å²) in [6, 6.07) is 11.0. The van der Waals surface area contributed by atoms with E-state index < -0.39 is 52.7 Å². The minimum absolute atomic E-state index is 0.0394. The maximum Gasteiger partial charge on any atom is 0.331 e. The molecule has 3 heterocycles. The molecule has 0 aliphatic carbocycles. The van der Waals surface area contributed by atoms with Crippen molar-refractivity contribution in [3.8, 4) is 57.5 Å². The summed E-state index contributed by atoms with van der Waals surface area (Å²) in [5.41, 5.74) is -1.48. The van der Waals surface area contributed by atoms with Crippen LogP contribution in [0.4, 0.5) is 0 Å². The largest absolute Gasteiger partial charge is 0.508 e. The zero-order chi connectivity index (χ0) is 29.7. The summed E-state index contributed by atoms with van der Waals surface area (Å²) in [6.07, 6.45) is -3.89. The van der Waals surface area contributed by atoms with Crippen LogP contribution in [0.3, 0.4) is 0 Å². The van der Waals surface area contributed by atoms with Crippen molar-refractivity contribution in [1.29, 1.82) is 0 Å². The first-order valence-corrected chi connectivity index (χ1v) is 12.7. The van der Waals surface area contributed by atoms with Gasteiger partial charge in [0, 0.05) is 30.2 Å². The fourth-order valence-electron chi connectivity index (χ4n) is 6.16. The molecule has 0 amide bonds. The number of carbonyl (C=O) groups is 1. The third-order valence-corrected chi connectivity index (χ3v) is 7.98. The Morgan fingerprint density at radius 2 is 1.33 bits per heavy atom. The molecule has 4 aromatic rings. The van der Waals surface area contributed by atoms with Gasteiger partial charge in [0.1, 0.15) is 46.7 Å². The van der Waals surface area contributed by atoms with Crippen LogP contribution in [0.2, 0.25) is 0 Å². The zero-order valence-corrected chi connectivity index (χ0v) is 21.3. The van der Waals surface area contributed by atoms with E-state index in [0.717, 1.165) is 6.07 Å². The lowest BCUT2D eigenvalue weighted by atomic mass is 9.69. The van der Waals surface area contributed by atoms with Crippen molar-refractivity contribution in [2.75, 3.05) is 0 Å². The number of aliphatic hydroxyl groups excluding tert-OH is 1. The van der Waals surface area contributed by atoms with Crippen LogP contribution in [0.1, 0.15) is 40.0 Å². The monoisotopic (exact) mass is 574 g/mol. The zero-order valence-electron chi connectivity index (χ0n) is 21.3. The standard InChI is InChI=1S/C30H22O12/c31-13-7-20(37)24-22(8-13)40-28(12-2-4-16(33)19(36)6-12)30(24)25-23(41-29(30)39)10-17(34)14-9-21(38)26(42-27(14)25)11-1-3-15(32)18(35)5-11/h1-8,10,21,26,28,31-38H,9H2/t21-,26-,28-,30+/m0/s1. The second-order valence-electron chi connectivity index (χ2n) is 10.4. The Kier molecular flexibility index (Phi) is 5.16. The Morgan fingerprint density at radius 1 is 0.667 bits per heavy atom. The van der Waals surface area contributed by atoms with Crippen LogP contribution >= 0.6 is 0 Å². The number of esters is 1. The van der Waals surface area contributed by atoms with Gasteiger partial charge in [-0.25, -0.2) is 0 Å². The fraction of sp³-hybridized carbons (Fsp3) is 0.167. The molecule has 0 bridgehead atoms. The Hall–Kier alpha value is -5.49. The highest BCUT2D eigenvalue weighted by Crippen LogP contribution is 2.66. The van der Waals surface area contributed by atoms with Gasteiger partial charge in [-0.05, 0) is 35.4 Å². The van der Waals surface area contributed by atoms with Gasteiger partial charge in [0.15, 0.2) is 28.4 Å². The van der Waals surface area contributed by atoms with Crippen molar-refractivity contribution < 1.29 is 59.9 Å². The maximum absolute atomic E-state index is 14.1. The first-order chi connectivity index (χ1) is 20.0. The molecule has 4 atom stereocenters. The van der Waals surface area contributed by atoms with Crippen LogP contribution in [0.25, 0.3) is 0 Å². The highest BCUT2D eigenvalue weighted by atomic mass is 16.6. The van der Waals surface area contributed by atoms with Crippen molar-refractivity contribution in [3.63, 3.8) is 0 Å². The molecule has 3 aliphatic heterocycles. The van der Waals surface area contributed by atoms with E-state index in [9.17, 15) is 45.6 Å². The summed E-state index contributed by atoms with van der Waals surface area (Å²) >= 11 is 0. The average molecular weight is 574 g/mol. The third kappa shape index (κ3) is 3.29. The van der Waals surface area contributed by atoms with Gasteiger partial charge in [-0.3, -0.25) is 4.79 Å². The Labute approximate surface area is 236 Å². The molecule has 0 fully saturated rings. The van der Waals surface area contributed by atoms with Crippen LogP contribution in [0, 0.1) is 0 Å². The van der Waals surface area contributed by atoms with Crippen LogP contribution in [0.5, 0.6) is 57.5 Å². The van der Waals surface area contributed by atoms with Crippen LogP contribution in [-0.4, -0.2) is 52.9 Å². The molecule has 12 heteroatoms.